The molecule has 4 nitrogen and oxygen atoms in total. The van der Waals surface area contributed by atoms with Gasteiger partial charge in [0.15, 0.2) is 5.65 Å². The van der Waals surface area contributed by atoms with Crippen molar-refractivity contribution in [1.29, 1.82) is 0 Å². The molecule has 136 valence electrons. The van der Waals surface area contributed by atoms with Gasteiger partial charge in [-0.2, -0.15) is 13.2 Å². The molecule has 1 N–H and O–H groups in total. The van der Waals surface area contributed by atoms with Gasteiger partial charge in [0.2, 0.25) is 0 Å². The summed E-state index contributed by atoms with van der Waals surface area (Å²) in [6.45, 7) is 0. The molecule has 0 atom stereocenters. The van der Waals surface area contributed by atoms with E-state index >= 15 is 0 Å². The Labute approximate surface area is 151 Å². The van der Waals surface area contributed by atoms with Gasteiger partial charge in [-0.25, -0.2) is 9.50 Å². The summed E-state index contributed by atoms with van der Waals surface area (Å²) in [6.07, 6.45) is -1.04. The monoisotopic (exact) mass is 369 g/mol. The first-order valence-corrected chi connectivity index (χ1v) is 8.23. The first kappa shape index (κ1) is 17.1. The van der Waals surface area contributed by atoms with Crippen molar-refractivity contribution in [3.8, 4) is 11.1 Å². The molecule has 2 heterocycles. The molecule has 0 radical (unpaired) electrons. The second kappa shape index (κ2) is 6.42. The maximum Gasteiger partial charge on any atom is 0.416 e. The molecule has 0 saturated heterocycles. The second-order valence-electron chi connectivity index (χ2n) is 6.18. The molecule has 0 amide bonds. The molecule has 0 fully saturated rings. The van der Waals surface area contributed by atoms with Crippen LogP contribution in [0.25, 0.3) is 16.8 Å². The molecule has 4 aromatic rings. The van der Waals surface area contributed by atoms with E-state index in [1.807, 2.05) is 30.3 Å². The second-order valence-corrected chi connectivity index (χ2v) is 6.18. The molecule has 0 aliphatic heterocycles. The minimum Gasteiger partial charge on any atom is -0.296 e. The lowest BCUT2D eigenvalue weighted by atomic mass is 10.1. The van der Waals surface area contributed by atoms with Gasteiger partial charge >= 0.3 is 6.18 Å². The van der Waals surface area contributed by atoms with E-state index in [4.69, 9.17) is 0 Å². The number of aromatic amines is 1. The van der Waals surface area contributed by atoms with E-state index in [0.717, 1.165) is 17.7 Å². The van der Waals surface area contributed by atoms with E-state index in [1.165, 1.54) is 23.0 Å². The van der Waals surface area contributed by atoms with Crippen molar-refractivity contribution >= 4 is 5.65 Å². The summed E-state index contributed by atoms with van der Waals surface area (Å²) in [6, 6.07) is 14.5. The van der Waals surface area contributed by atoms with Crippen LogP contribution in [0.5, 0.6) is 0 Å². The van der Waals surface area contributed by atoms with Crippen LogP contribution in [0.4, 0.5) is 13.2 Å². The van der Waals surface area contributed by atoms with Crippen molar-refractivity contribution in [2.24, 2.45) is 0 Å². The van der Waals surface area contributed by atoms with Gasteiger partial charge in [0.25, 0.3) is 5.56 Å². The van der Waals surface area contributed by atoms with Gasteiger partial charge in [0.05, 0.1) is 5.56 Å². The quantitative estimate of drug-likeness (QED) is 0.585. The molecule has 0 aliphatic rings. The van der Waals surface area contributed by atoms with Gasteiger partial charge in [0, 0.05) is 29.9 Å². The Kier molecular flexibility index (Phi) is 4.07. The van der Waals surface area contributed by atoms with Gasteiger partial charge in [-0.1, -0.05) is 42.5 Å². The third-order valence-electron chi connectivity index (χ3n) is 4.35. The lowest BCUT2D eigenvalue weighted by Crippen LogP contribution is -2.19. The van der Waals surface area contributed by atoms with Crippen LogP contribution >= 0.6 is 0 Å². The molecular formula is C20H14F3N3O. The molecular weight excluding hydrogens is 355 g/mol. The summed E-state index contributed by atoms with van der Waals surface area (Å²) in [4.78, 5) is 17.0. The standard InChI is InChI=1S/C20H14F3N3O/c21-20(22,23)16-8-4-7-14(10-16)17-12-25-26-18(17)24-11-15(19(26)27)9-13-5-2-1-3-6-13/h1-8,10-12,25H,9H2. The first-order valence-electron chi connectivity index (χ1n) is 8.23. The summed E-state index contributed by atoms with van der Waals surface area (Å²) in [5.74, 6) is 0. The Morgan fingerprint density at radius 3 is 2.56 bits per heavy atom. The van der Waals surface area contributed by atoms with Crippen molar-refractivity contribution < 1.29 is 13.2 Å². The van der Waals surface area contributed by atoms with Gasteiger partial charge in [-0.15, -0.1) is 0 Å². The largest absolute Gasteiger partial charge is 0.416 e. The number of halogens is 3. The zero-order valence-electron chi connectivity index (χ0n) is 14.0. The van der Waals surface area contributed by atoms with Gasteiger partial charge in [0.1, 0.15) is 0 Å². The number of hydrogen-bond donors (Lipinski definition) is 1. The molecule has 0 aliphatic carbocycles. The Morgan fingerprint density at radius 2 is 1.81 bits per heavy atom. The molecule has 2 aromatic heterocycles. The fourth-order valence-electron chi connectivity index (χ4n) is 3.01. The van der Waals surface area contributed by atoms with E-state index in [1.54, 1.807) is 6.07 Å². The fraction of sp³-hybridized carbons (Fsp3) is 0.100. The van der Waals surface area contributed by atoms with Crippen LogP contribution in [-0.4, -0.2) is 14.6 Å². The maximum absolute atomic E-state index is 13.0. The zero-order valence-corrected chi connectivity index (χ0v) is 14.0. The Hall–Kier alpha value is -3.35. The molecule has 2 aromatic carbocycles. The molecule has 4 rings (SSSR count). The topological polar surface area (TPSA) is 50.2 Å². The van der Waals surface area contributed by atoms with Crippen LogP contribution < -0.4 is 5.56 Å². The SMILES string of the molecule is O=c1c(Cc2ccccc2)cnc2c(-c3cccc(C(F)(F)F)c3)c[nH]n12. The zero-order chi connectivity index (χ0) is 19.0. The number of benzene rings is 2. The van der Waals surface area contributed by atoms with Gasteiger partial charge in [-0.05, 0) is 23.3 Å². The highest BCUT2D eigenvalue weighted by Crippen LogP contribution is 2.32. The van der Waals surface area contributed by atoms with Crippen molar-refractivity contribution in [3.63, 3.8) is 0 Å². The minimum absolute atomic E-state index is 0.276. The van der Waals surface area contributed by atoms with Gasteiger partial charge < -0.3 is 0 Å². The molecule has 0 spiro atoms. The van der Waals surface area contributed by atoms with Crippen LogP contribution in [0.15, 0.2) is 71.8 Å². The molecule has 0 unspecified atom stereocenters. The van der Waals surface area contributed by atoms with Crippen LogP contribution in [0.2, 0.25) is 0 Å². The van der Waals surface area contributed by atoms with E-state index in [0.29, 0.717) is 23.1 Å². The Bertz CT molecular complexity index is 1160. The first-order chi connectivity index (χ1) is 12.9. The lowest BCUT2D eigenvalue weighted by molar-refractivity contribution is -0.137. The summed E-state index contributed by atoms with van der Waals surface area (Å²) < 4.78 is 40.2. The van der Waals surface area contributed by atoms with Gasteiger partial charge in [-0.3, -0.25) is 9.89 Å². The average molecular weight is 369 g/mol. The molecule has 7 heteroatoms. The van der Waals surface area contributed by atoms with Crippen LogP contribution in [0.1, 0.15) is 16.7 Å². The number of fused-ring (bicyclic) bond motifs is 1. The summed E-state index contributed by atoms with van der Waals surface area (Å²) in [7, 11) is 0. The number of H-pyrrole nitrogens is 1. The smallest absolute Gasteiger partial charge is 0.296 e. The highest BCUT2D eigenvalue weighted by atomic mass is 19.4. The van der Waals surface area contributed by atoms with E-state index in [2.05, 4.69) is 10.1 Å². The predicted octanol–water partition coefficient (Wildman–Crippen LogP) is 4.30. The van der Waals surface area contributed by atoms with Crippen LogP contribution in [-0.2, 0) is 12.6 Å². The number of hydrogen-bond acceptors (Lipinski definition) is 2. The molecule has 0 bridgehead atoms. The van der Waals surface area contributed by atoms with Crippen molar-refractivity contribution in [2.45, 2.75) is 12.6 Å². The lowest BCUT2D eigenvalue weighted by Gasteiger charge is -2.08. The van der Waals surface area contributed by atoms with E-state index < -0.39 is 11.7 Å². The van der Waals surface area contributed by atoms with Crippen LogP contribution in [0, 0.1) is 0 Å². The highest BCUT2D eigenvalue weighted by molar-refractivity contribution is 5.77. The van der Waals surface area contributed by atoms with E-state index in [-0.39, 0.29) is 11.2 Å². The molecule has 0 saturated carbocycles. The number of rotatable bonds is 3. The number of aromatic nitrogens is 3. The molecule has 27 heavy (non-hydrogen) atoms. The van der Waals surface area contributed by atoms with Crippen LogP contribution in [0.3, 0.4) is 0 Å². The van der Waals surface area contributed by atoms with Crippen molar-refractivity contribution in [3.05, 3.63) is 94.0 Å². The average Bonchev–Trinajstić information content (AvgIpc) is 3.09. The normalized spacial score (nSPS) is 11.8. The highest BCUT2D eigenvalue weighted by Gasteiger charge is 2.30. The number of alkyl halides is 3. The Morgan fingerprint density at radius 1 is 1.04 bits per heavy atom. The number of nitrogens with one attached hydrogen (secondary N) is 1. The fourth-order valence-corrected chi connectivity index (χ4v) is 3.01. The maximum atomic E-state index is 13.0. The minimum atomic E-state index is -4.44. The Balaban J connectivity index is 1.77. The van der Waals surface area contributed by atoms with E-state index in [9.17, 15) is 18.0 Å². The summed E-state index contributed by atoms with van der Waals surface area (Å²) >= 11 is 0. The summed E-state index contributed by atoms with van der Waals surface area (Å²) in [5, 5.41) is 2.80. The van der Waals surface area contributed by atoms with Crippen molar-refractivity contribution in [2.75, 3.05) is 0 Å². The predicted molar refractivity (Wildman–Crippen MR) is 95.5 cm³/mol. The third-order valence-corrected chi connectivity index (χ3v) is 4.35. The third kappa shape index (κ3) is 3.23. The summed E-state index contributed by atoms with van der Waals surface area (Å²) in [5.41, 5.74) is 1.51. The van der Waals surface area contributed by atoms with Crippen molar-refractivity contribution in [1.82, 2.24) is 14.6 Å². The number of nitrogens with zero attached hydrogens (tertiary/aromatic N) is 2.